The third-order valence-electron chi connectivity index (χ3n) is 2.06. The molecule has 0 N–H and O–H groups in total. The first-order valence-corrected chi connectivity index (χ1v) is 5.11. The van der Waals surface area contributed by atoms with Crippen molar-refractivity contribution in [1.29, 1.82) is 0 Å². The molecular formula is C10H16BrFO. The van der Waals surface area contributed by atoms with Crippen LogP contribution >= 0.6 is 15.9 Å². The van der Waals surface area contributed by atoms with E-state index < -0.39 is 0 Å². The average molecular weight is 251 g/mol. The lowest BCUT2D eigenvalue weighted by Crippen LogP contribution is -2.26. The van der Waals surface area contributed by atoms with Gasteiger partial charge in [-0.05, 0) is 13.8 Å². The first-order chi connectivity index (χ1) is 6.08. The summed E-state index contributed by atoms with van der Waals surface area (Å²) in [5, 5.41) is 0. The Morgan fingerprint density at radius 3 is 2.46 bits per heavy atom. The van der Waals surface area contributed by atoms with Crippen LogP contribution in [0.2, 0.25) is 0 Å². The van der Waals surface area contributed by atoms with Crippen LogP contribution in [0.5, 0.6) is 0 Å². The monoisotopic (exact) mass is 250 g/mol. The zero-order chi connectivity index (χ0) is 10.4. The van der Waals surface area contributed by atoms with Gasteiger partial charge in [-0.15, -0.1) is 6.58 Å². The van der Waals surface area contributed by atoms with Crippen LogP contribution in [0, 0.1) is 5.92 Å². The zero-order valence-electron chi connectivity index (χ0n) is 8.26. The number of ether oxygens (including phenoxy) is 1. The molecule has 0 aromatic carbocycles. The van der Waals surface area contributed by atoms with E-state index in [2.05, 4.69) is 22.5 Å². The molecule has 0 aliphatic rings. The Labute approximate surface area is 87.8 Å². The van der Waals surface area contributed by atoms with Crippen molar-refractivity contribution >= 4 is 15.9 Å². The molecule has 0 heterocycles. The molecule has 0 aromatic rings. The van der Waals surface area contributed by atoms with E-state index >= 15 is 0 Å². The van der Waals surface area contributed by atoms with Crippen molar-refractivity contribution in [3.63, 3.8) is 0 Å². The number of hydrogen-bond donors (Lipinski definition) is 0. The Kier molecular flexibility index (Phi) is 6.25. The van der Waals surface area contributed by atoms with Crippen LogP contribution in [0.25, 0.3) is 0 Å². The molecule has 1 nitrogen and oxygen atoms in total. The van der Waals surface area contributed by atoms with Gasteiger partial charge in [-0.3, -0.25) is 0 Å². The molecule has 0 radical (unpaired) electrons. The number of rotatable bonds is 5. The topological polar surface area (TPSA) is 9.23 Å². The van der Waals surface area contributed by atoms with E-state index in [0.717, 1.165) is 0 Å². The summed E-state index contributed by atoms with van der Waals surface area (Å²) in [5.41, 5.74) is 0. The molecule has 0 aliphatic heterocycles. The Morgan fingerprint density at radius 1 is 1.62 bits per heavy atom. The summed E-state index contributed by atoms with van der Waals surface area (Å²) in [4.78, 5) is -0.343. The van der Waals surface area contributed by atoms with Crippen LogP contribution in [0.15, 0.2) is 24.6 Å². The van der Waals surface area contributed by atoms with E-state index in [1.54, 1.807) is 20.1 Å². The maximum absolute atomic E-state index is 13.2. The molecular weight excluding hydrogens is 235 g/mol. The van der Waals surface area contributed by atoms with Gasteiger partial charge in [0.1, 0.15) is 5.83 Å². The molecule has 0 fully saturated rings. The van der Waals surface area contributed by atoms with E-state index in [0.29, 0.717) is 0 Å². The molecule has 0 bridgehead atoms. The number of hydrogen-bond acceptors (Lipinski definition) is 1. The van der Waals surface area contributed by atoms with E-state index in [1.165, 1.54) is 6.08 Å². The van der Waals surface area contributed by atoms with Gasteiger partial charge in [0.05, 0.1) is 10.9 Å². The SMILES string of the molecule is C=C[C@H](C(C)OC)C(Br)/C(F)=C\C. The van der Waals surface area contributed by atoms with Gasteiger partial charge in [-0.25, -0.2) is 4.39 Å². The molecule has 0 aromatic heterocycles. The molecule has 2 unspecified atom stereocenters. The Bertz CT molecular complexity index is 191. The molecule has 0 rings (SSSR count). The fraction of sp³-hybridized carbons (Fsp3) is 0.600. The van der Waals surface area contributed by atoms with E-state index in [9.17, 15) is 4.39 Å². The van der Waals surface area contributed by atoms with E-state index in [1.807, 2.05) is 6.92 Å². The van der Waals surface area contributed by atoms with Gasteiger partial charge < -0.3 is 4.74 Å². The summed E-state index contributed by atoms with van der Waals surface area (Å²) >= 11 is 3.28. The van der Waals surface area contributed by atoms with E-state index in [-0.39, 0.29) is 22.7 Å². The van der Waals surface area contributed by atoms with Gasteiger partial charge in [-0.2, -0.15) is 0 Å². The normalized spacial score (nSPS) is 19.3. The second-order valence-electron chi connectivity index (χ2n) is 2.83. The average Bonchev–Trinajstić information content (AvgIpc) is 2.17. The quantitative estimate of drug-likeness (QED) is 0.537. The largest absolute Gasteiger partial charge is 0.381 e. The zero-order valence-corrected chi connectivity index (χ0v) is 9.84. The minimum Gasteiger partial charge on any atom is -0.381 e. The second kappa shape index (κ2) is 6.33. The minimum absolute atomic E-state index is 0.0485. The van der Waals surface area contributed by atoms with Crippen LogP contribution in [0.3, 0.4) is 0 Å². The number of alkyl halides is 1. The van der Waals surface area contributed by atoms with Gasteiger partial charge in [0, 0.05) is 13.0 Å². The minimum atomic E-state index is -0.343. The van der Waals surface area contributed by atoms with Gasteiger partial charge >= 0.3 is 0 Å². The lowest BCUT2D eigenvalue weighted by molar-refractivity contribution is 0.0846. The van der Waals surface area contributed by atoms with Crippen molar-refractivity contribution < 1.29 is 9.13 Å². The van der Waals surface area contributed by atoms with Gasteiger partial charge in [0.25, 0.3) is 0 Å². The maximum Gasteiger partial charge on any atom is 0.110 e. The summed E-state index contributed by atoms with van der Waals surface area (Å²) < 4.78 is 18.3. The van der Waals surface area contributed by atoms with Crippen molar-refractivity contribution in [3.05, 3.63) is 24.6 Å². The smallest absolute Gasteiger partial charge is 0.110 e. The fourth-order valence-corrected chi connectivity index (χ4v) is 1.96. The maximum atomic E-state index is 13.2. The summed E-state index contributed by atoms with van der Waals surface area (Å²) in [6.45, 7) is 7.22. The standard InChI is InChI=1S/C10H16BrFO/c1-5-8(7(3)13-4)10(11)9(12)6-2/h5-8,10H,1H2,2-4H3/b9-6+/t7?,8-,10?/m1/s1. The van der Waals surface area contributed by atoms with Crippen LogP contribution < -0.4 is 0 Å². The highest BCUT2D eigenvalue weighted by Gasteiger charge is 2.24. The van der Waals surface area contributed by atoms with Crippen molar-refractivity contribution in [1.82, 2.24) is 0 Å². The summed E-state index contributed by atoms with van der Waals surface area (Å²) in [7, 11) is 1.61. The lowest BCUT2D eigenvalue weighted by Gasteiger charge is -2.23. The molecule has 0 aliphatic carbocycles. The Balaban J connectivity index is 4.48. The van der Waals surface area contributed by atoms with Crippen LogP contribution in [0.1, 0.15) is 13.8 Å². The van der Waals surface area contributed by atoms with Gasteiger partial charge in [0.15, 0.2) is 0 Å². The highest BCUT2D eigenvalue weighted by Crippen LogP contribution is 2.27. The molecule has 0 saturated heterocycles. The predicted molar refractivity (Wildman–Crippen MR) is 57.7 cm³/mol. The second-order valence-corrected chi connectivity index (χ2v) is 3.82. The first kappa shape index (κ1) is 12.8. The highest BCUT2D eigenvalue weighted by molar-refractivity contribution is 9.09. The summed E-state index contributed by atoms with van der Waals surface area (Å²) in [6.07, 6.45) is 3.10. The Morgan fingerprint density at radius 2 is 2.15 bits per heavy atom. The molecule has 0 saturated carbocycles. The van der Waals surface area contributed by atoms with Crippen molar-refractivity contribution in [2.45, 2.75) is 24.8 Å². The predicted octanol–water partition coefficient (Wildman–Crippen LogP) is 3.46. The van der Waals surface area contributed by atoms with Crippen LogP contribution in [-0.2, 0) is 4.74 Å². The van der Waals surface area contributed by atoms with E-state index in [4.69, 9.17) is 4.74 Å². The van der Waals surface area contributed by atoms with Crippen LogP contribution in [-0.4, -0.2) is 18.0 Å². The van der Waals surface area contributed by atoms with Crippen molar-refractivity contribution in [2.24, 2.45) is 5.92 Å². The highest BCUT2D eigenvalue weighted by atomic mass is 79.9. The number of methoxy groups -OCH3 is 1. The Hall–Kier alpha value is -0.150. The fourth-order valence-electron chi connectivity index (χ4n) is 1.05. The lowest BCUT2D eigenvalue weighted by atomic mass is 9.99. The molecule has 0 amide bonds. The summed E-state index contributed by atoms with van der Waals surface area (Å²) in [5.74, 6) is -0.241. The van der Waals surface area contributed by atoms with Crippen molar-refractivity contribution in [3.8, 4) is 0 Å². The number of allylic oxidation sites excluding steroid dienone is 2. The molecule has 3 atom stereocenters. The van der Waals surface area contributed by atoms with Crippen LogP contribution in [0.4, 0.5) is 4.39 Å². The number of halogens is 2. The third kappa shape index (κ3) is 3.61. The van der Waals surface area contributed by atoms with Gasteiger partial charge in [-0.1, -0.05) is 28.1 Å². The first-order valence-electron chi connectivity index (χ1n) is 4.19. The van der Waals surface area contributed by atoms with Gasteiger partial charge in [0.2, 0.25) is 0 Å². The molecule has 13 heavy (non-hydrogen) atoms. The molecule has 0 spiro atoms. The molecule has 3 heteroatoms. The summed E-state index contributed by atoms with van der Waals surface area (Å²) in [6, 6.07) is 0. The van der Waals surface area contributed by atoms with Crippen molar-refractivity contribution in [2.75, 3.05) is 7.11 Å². The molecule has 76 valence electrons. The third-order valence-corrected chi connectivity index (χ3v) is 3.11.